The lowest BCUT2D eigenvalue weighted by Gasteiger charge is -2.19. The van der Waals surface area contributed by atoms with Crippen LogP contribution in [-0.4, -0.2) is 26.1 Å². The summed E-state index contributed by atoms with van der Waals surface area (Å²) in [6, 6.07) is 2.27. The summed E-state index contributed by atoms with van der Waals surface area (Å²) in [5.74, 6) is 0. The van der Waals surface area contributed by atoms with Crippen LogP contribution in [0.5, 0.6) is 0 Å². The van der Waals surface area contributed by atoms with Crippen LogP contribution in [0.2, 0.25) is 0 Å². The van der Waals surface area contributed by atoms with Crippen molar-refractivity contribution < 1.29 is 0 Å². The Labute approximate surface area is 121 Å². The maximum atomic E-state index is 4.57. The molecule has 110 valence electrons. The van der Waals surface area contributed by atoms with Gasteiger partial charge in [0.15, 0.2) is 0 Å². The van der Waals surface area contributed by atoms with Gasteiger partial charge in [0.05, 0.1) is 17.4 Å². The van der Waals surface area contributed by atoms with Crippen molar-refractivity contribution in [3.8, 4) is 0 Å². The molecule has 0 aromatic carbocycles. The summed E-state index contributed by atoms with van der Waals surface area (Å²) >= 11 is 0. The monoisotopic (exact) mass is 275 g/mol. The molecule has 0 aliphatic carbocycles. The van der Waals surface area contributed by atoms with Gasteiger partial charge in [-0.3, -0.25) is 9.36 Å². The van der Waals surface area contributed by atoms with Gasteiger partial charge in [-0.1, -0.05) is 13.8 Å². The molecule has 5 heteroatoms. The summed E-state index contributed by atoms with van der Waals surface area (Å²) in [6.45, 7) is 8.33. The lowest BCUT2D eigenvalue weighted by atomic mass is 10.0. The fourth-order valence-corrected chi connectivity index (χ4v) is 2.58. The van der Waals surface area contributed by atoms with E-state index in [9.17, 15) is 0 Å². The topological polar surface area (TPSA) is 47.7 Å². The molecule has 0 fully saturated rings. The highest BCUT2D eigenvalue weighted by molar-refractivity contribution is 5.29. The number of hydrogen-bond acceptors (Lipinski definition) is 3. The highest BCUT2D eigenvalue weighted by Crippen LogP contribution is 2.25. The zero-order valence-electron chi connectivity index (χ0n) is 12.9. The summed E-state index contributed by atoms with van der Waals surface area (Å²) in [5.41, 5.74) is 3.63. The van der Waals surface area contributed by atoms with Gasteiger partial charge in [0.25, 0.3) is 0 Å². The van der Waals surface area contributed by atoms with E-state index >= 15 is 0 Å². The van der Waals surface area contributed by atoms with Crippen LogP contribution >= 0.6 is 0 Å². The molecule has 0 aliphatic rings. The van der Waals surface area contributed by atoms with E-state index in [4.69, 9.17) is 0 Å². The largest absolute Gasteiger partial charge is 0.305 e. The molecule has 5 nitrogen and oxygen atoms in total. The normalized spacial score (nSPS) is 12.8. The van der Waals surface area contributed by atoms with Gasteiger partial charge in [0.2, 0.25) is 0 Å². The SMILES string of the molecule is CCCNC(c1cn(C)nc1CC)c1ccnn1CC. The third-order valence-corrected chi connectivity index (χ3v) is 3.53. The molecule has 2 rings (SSSR count). The highest BCUT2D eigenvalue weighted by atomic mass is 15.3. The van der Waals surface area contributed by atoms with E-state index in [1.807, 2.05) is 17.9 Å². The maximum absolute atomic E-state index is 4.57. The fraction of sp³-hybridized carbons (Fsp3) is 0.600. The zero-order valence-corrected chi connectivity index (χ0v) is 12.9. The van der Waals surface area contributed by atoms with Crippen LogP contribution in [0, 0.1) is 0 Å². The van der Waals surface area contributed by atoms with Gasteiger partial charge in [0.1, 0.15) is 0 Å². The summed E-state index contributed by atoms with van der Waals surface area (Å²) in [7, 11) is 1.98. The molecule has 0 amide bonds. The van der Waals surface area contributed by atoms with Crippen molar-refractivity contribution in [2.75, 3.05) is 6.54 Å². The number of nitrogens with one attached hydrogen (secondary N) is 1. The van der Waals surface area contributed by atoms with Crippen molar-refractivity contribution >= 4 is 0 Å². The maximum Gasteiger partial charge on any atom is 0.0781 e. The van der Waals surface area contributed by atoms with Crippen molar-refractivity contribution in [2.45, 2.75) is 46.2 Å². The molecule has 2 aromatic heterocycles. The van der Waals surface area contributed by atoms with Gasteiger partial charge in [0, 0.05) is 31.5 Å². The van der Waals surface area contributed by atoms with Crippen molar-refractivity contribution in [3.63, 3.8) is 0 Å². The molecule has 2 aromatic rings. The Hall–Kier alpha value is -1.62. The summed E-state index contributed by atoms with van der Waals surface area (Å²) < 4.78 is 3.96. The van der Waals surface area contributed by atoms with Gasteiger partial charge in [-0.05, 0) is 32.4 Å². The number of rotatable bonds is 7. The van der Waals surface area contributed by atoms with E-state index < -0.39 is 0 Å². The van der Waals surface area contributed by atoms with E-state index in [1.165, 1.54) is 11.3 Å². The van der Waals surface area contributed by atoms with Crippen LogP contribution in [0.15, 0.2) is 18.5 Å². The van der Waals surface area contributed by atoms with E-state index in [1.54, 1.807) is 0 Å². The molecular formula is C15H25N5. The summed E-state index contributed by atoms with van der Waals surface area (Å²) in [4.78, 5) is 0. The molecule has 1 unspecified atom stereocenters. The van der Waals surface area contributed by atoms with Gasteiger partial charge in [-0.15, -0.1) is 0 Å². The molecule has 0 saturated carbocycles. The van der Waals surface area contributed by atoms with Gasteiger partial charge in [-0.25, -0.2) is 0 Å². The third-order valence-electron chi connectivity index (χ3n) is 3.53. The average Bonchev–Trinajstić information content (AvgIpc) is 3.06. The van der Waals surface area contributed by atoms with Crippen molar-refractivity contribution in [1.29, 1.82) is 0 Å². The number of aromatic nitrogens is 4. The zero-order chi connectivity index (χ0) is 14.5. The highest BCUT2D eigenvalue weighted by Gasteiger charge is 2.22. The third kappa shape index (κ3) is 2.93. The molecule has 1 N–H and O–H groups in total. The predicted molar refractivity (Wildman–Crippen MR) is 80.6 cm³/mol. The lowest BCUT2D eigenvalue weighted by Crippen LogP contribution is -2.26. The number of hydrogen-bond donors (Lipinski definition) is 1. The predicted octanol–water partition coefficient (Wildman–Crippen LogP) is 2.29. The smallest absolute Gasteiger partial charge is 0.0781 e. The molecule has 0 spiro atoms. The lowest BCUT2D eigenvalue weighted by molar-refractivity contribution is 0.527. The quantitative estimate of drug-likeness (QED) is 0.843. The first-order chi connectivity index (χ1) is 9.71. The van der Waals surface area contributed by atoms with E-state index in [2.05, 4.69) is 53.2 Å². The Morgan fingerprint density at radius 3 is 2.75 bits per heavy atom. The molecule has 1 atom stereocenters. The van der Waals surface area contributed by atoms with Crippen LogP contribution in [0.25, 0.3) is 0 Å². The Kier molecular flexibility index (Phi) is 4.95. The van der Waals surface area contributed by atoms with Gasteiger partial charge in [-0.2, -0.15) is 10.2 Å². The van der Waals surface area contributed by atoms with Gasteiger partial charge >= 0.3 is 0 Å². The Balaban J connectivity index is 2.41. The fourth-order valence-electron chi connectivity index (χ4n) is 2.58. The molecular weight excluding hydrogens is 250 g/mol. The molecule has 0 aliphatic heterocycles. The van der Waals surface area contributed by atoms with Crippen LogP contribution in [0.1, 0.15) is 50.2 Å². The number of aryl methyl sites for hydroxylation is 3. The molecule has 0 radical (unpaired) electrons. The Morgan fingerprint density at radius 1 is 1.30 bits per heavy atom. The minimum Gasteiger partial charge on any atom is -0.305 e. The number of nitrogens with zero attached hydrogens (tertiary/aromatic N) is 4. The minimum absolute atomic E-state index is 0.168. The Bertz CT molecular complexity index is 540. The second kappa shape index (κ2) is 6.70. The second-order valence-electron chi connectivity index (χ2n) is 5.02. The molecule has 2 heterocycles. The van der Waals surface area contributed by atoms with E-state index in [-0.39, 0.29) is 6.04 Å². The van der Waals surface area contributed by atoms with E-state index in [0.717, 1.165) is 31.6 Å². The summed E-state index contributed by atoms with van der Waals surface area (Å²) in [5, 5.41) is 12.6. The second-order valence-corrected chi connectivity index (χ2v) is 5.02. The first kappa shape index (κ1) is 14.8. The Morgan fingerprint density at radius 2 is 2.10 bits per heavy atom. The molecule has 0 saturated heterocycles. The first-order valence-electron chi connectivity index (χ1n) is 7.48. The van der Waals surface area contributed by atoms with Crippen molar-refractivity contribution in [1.82, 2.24) is 24.9 Å². The van der Waals surface area contributed by atoms with E-state index in [0.29, 0.717) is 0 Å². The van der Waals surface area contributed by atoms with Crippen LogP contribution in [0.4, 0.5) is 0 Å². The van der Waals surface area contributed by atoms with Crippen LogP contribution in [-0.2, 0) is 20.0 Å². The first-order valence-corrected chi connectivity index (χ1v) is 7.48. The van der Waals surface area contributed by atoms with Crippen molar-refractivity contribution in [3.05, 3.63) is 35.4 Å². The van der Waals surface area contributed by atoms with Crippen molar-refractivity contribution in [2.24, 2.45) is 7.05 Å². The molecule has 20 heavy (non-hydrogen) atoms. The van der Waals surface area contributed by atoms with Gasteiger partial charge < -0.3 is 5.32 Å². The van der Waals surface area contributed by atoms with Crippen LogP contribution in [0.3, 0.4) is 0 Å². The van der Waals surface area contributed by atoms with Crippen LogP contribution < -0.4 is 5.32 Å². The summed E-state index contributed by atoms with van der Waals surface area (Å²) in [6.07, 6.45) is 6.06. The molecule has 0 bridgehead atoms. The average molecular weight is 275 g/mol. The standard InChI is InChI=1S/C15H25N5/c1-5-9-16-15(14-8-10-17-20(14)7-3)12-11-19(4)18-13(12)6-2/h8,10-11,15-16H,5-7,9H2,1-4H3. The minimum atomic E-state index is 0.168.